The highest BCUT2D eigenvalue weighted by Crippen LogP contribution is 2.36. The number of aliphatic imine (C=N–C) groups is 1. The van der Waals surface area contributed by atoms with Gasteiger partial charge in [0, 0.05) is 18.8 Å². The first-order chi connectivity index (χ1) is 6.86. The van der Waals surface area contributed by atoms with Crippen molar-refractivity contribution in [2.75, 3.05) is 7.05 Å². The Kier molecular flexibility index (Phi) is 3.24. The molecule has 2 nitrogen and oxygen atoms in total. The van der Waals surface area contributed by atoms with Crippen molar-refractivity contribution in [3.8, 4) is 5.75 Å². The molecular weight excluding hydrogens is 231 g/mol. The van der Waals surface area contributed by atoms with E-state index < -0.39 is 17.5 Å². The van der Waals surface area contributed by atoms with E-state index in [1.54, 1.807) is 0 Å². The second-order valence-corrected chi connectivity index (χ2v) is 3.19. The van der Waals surface area contributed by atoms with Gasteiger partial charge in [0.15, 0.2) is 0 Å². The Morgan fingerprint density at radius 2 is 2.00 bits per heavy atom. The van der Waals surface area contributed by atoms with Gasteiger partial charge in [-0.15, -0.1) is 0 Å². The molecule has 15 heavy (non-hydrogen) atoms. The first kappa shape index (κ1) is 11.8. The molecule has 0 atom stereocenters. The largest absolute Gasteiger partial charge is 0.506 e. The molecule has 82 valence electrons. The number of nitrogens with zero attached hydrogens (tertiary/aromatic N) is 1. The van der Waals surface area contributed by atoms with Crippen molar-refractivity contribution in [2.24, 2.45) is 4.99 Å². The molecule has 0 aliphatic heterocycles. The number of rotatable bonds is 1. The van der Waals surface area contributed by atoms with Crippen LogP contribution in [0.3, 0.4) is 0 Å². The molecule has 0 bridgehead atoms. The zero-order valence-corrected chi connectivity index (χ0v) is 8.39. The van der Waals surface area contributed by atoms with Crippen LogP contribution in [0.4, 0.5) is 13.2 Å². The maximum atomic E-state index is 12.3. The third-order valence-corrected chi connectivity index (χ3v) is 1.98. The number of aromatic hydroxyl groups is 1. The van der Waals surface area contributed by atoms with E-state index >= 15 is 0 Å². The molecule has 1 rings (SSSR count). The summed E-state index contributed by atoms with van der Waals surface area (Å²) in [6, 6.07) is 1.46. The molecule has 0 radical (unpaired) electrons. The lowest BCUT2D eigenvalue weighted by molar-refractivity contribution is -0.137. The van der Waals surface area contributed by atoms with Gasteiger partial charge in [-0.2, -0.15) is 13.2 Å². The van der Waals surface area contributed by atoms with Gasteiger partial charge in [0.05, 0.1) is 10.6 Å². The van der Waals surface area contributed by atoms with Gasteiger partial charge in [-0.05, 0) is 12.1 Å². The predicted molar refractivity (Wildman–Crippen MR) is 51.6 cm³/mol. The molecule has 1 N–H and O–H groups in total. The fourth-order valence-corrected chi connectivity index (χ4v) is 1.25. The summed E-state index contributed by atoms with van der Waals surface area (Å²) in [7, 11) is 1.38. The summed E-state index contributed by atoms with van der Waals surface area (Å²) in [4.78, 5) is 3.52. The number of hydrogen-bond donors (Lipinski definition) is 1. The summed E-state index contributed by atoms with van der Waals surface area (Å²) in [5.41, 5.74) is -0.975. The molecule has 0 aliphatic carbocycles. The molecule has 6 heteroatoms. The third-order valence-electron chi connectivity index (χ3n) is 1.69. The van der Waals surface area contributed by atoms with Crippen LogP contribution in [0.1, 0.15) is 11.1 Å². The number of halogens is 4. The van der Waals surface area contributed by atoms with E-state index in [2.05, 4.69) is 4.99 Å². The van der Waals surface area contributed by atoms with E-state index in [4.69, 9.17) is 11.6 Å². The van der Waals surface area contributed by atoms with Crippen molar-refractivity contribution in [1.82, 2.24) is 0 Å². The van der Waals surface area contributed by atoms with Crippen molar-refractivity contribution < 1.29 is 18.3 Å². The summed E-state index contributed by atoms with van der Waals surface area (Å²) in [5, 5.41) is 8.98. The first-order valence-electron chi connectivity index (χ1n) is 3.88. The highest BCUT2D eigenvalue weighted by Gasteiger charge is 2.31. The van der Waals surface area contributed by atoms with Gasteiger partial charge in [-0.3, -0.25) is 4.99 Å². The Morgan fingerprint density at radius 1 is 1.40 bits per heavy atom. The second kappa shape index (κ2) is 4.10. The first-order valence-corrected chi connectivity index (χ1v) is 4.26. The van der Waals surface area contributed by atoms with Crippen LogP contribution in [0.25, 0.3) is 0 Å². The van der Waals surface area contributed by atoms with Crippen LogP contribution in [0, 0.1) is 0 Å². The second-order valence-electron chi connectivity index (χ2n) is 2.78. The van der Waals surface area contributed by atoms with Crippen molar-refractivity contribution in [2.45, 2.75) is 6.18 Å². The average molecular weight is 238 g/mol. The van der Waals surface area contributed by atoms with E-state index in [9.17, 15) is 18.3 Å². The highest BCUT2D eigenvalue weighted by atomic mass is 35.5. The van der Waals surface area contributed by atoms with Gasteiger partial charge in [-0.25, -0.2) is 0 Å². The maximum Gasteiger partial charge on any atom is 0.416 e. The molecule has 1 aromatic carbocycles. The lowest BCUT2D eigenvalue weighted by atomic mass is 10.1. The molecule has 0 unspecified atom stereocenters. The van der Waals surface area contributed by atoms with E-state index in [1.807, 2.05) is 0 Å². The number of phenolic OH excluding ortho intramolecular Hbond substituents is 1. The van der Waals surface area contributed by atoms with Crippen molar-refractivity contribution in [3.63, 3.8) is 0 Å². The fourth-order valence-electron chi connectivity index (χ4n) is 1.02. The Hall–Kier alpha value is -1.23. The summed E-state index contributed by atoms with van der Waals surface area (Å²) >= 11 is 5.45. The quantitative estimate of drug-likeness (QED) is 0.748. The van der Waals surface area contributed by atoms with Crippen LogP contribution in [0.15, 0.2) is 17.1 Å². The maximum absolute atomic E-state index is 12.3. The lowest BCUT2D eigenvalue weighted by Gasteiger charge is -2.09. The third kappa shape index (κ3) is 2.62. The van der Waals surface area contributed by atoms with Crippen LogP contribution in [0.2, 0.25) is 5.02 Å². The molecule has 0 heterocycles. The van der Waals surface area contributed by atoms with E-state index in [-0.39, 0.29) is 10.6 Å². The molecule has 1 aromatic rings. The van der Waals surface area contributed by atoms with Gasteiger partial charge in [0.25, 0.3) is 0 Å². The summed E-state index contributed by atoms with van der Waals surface area (Å²) in [6.07, 6.45) is -3.38. The molecule has 0 aliphatic rings. The fraction of sp³-hybridized carbons (Fsp3) is 0.222. The predicted octanol–water partition coefficient (Wildman–Crippen LogP) is 3.11. The molecule has 0 saturated carbocycles. The zero-order chi connectivity index (χ0) is 11.6. The van der Waals surface area contributed by atoms with Crippen LogP contribution in [-0.2, 0) is 6.18 Å². The Labute approximate surface area is 89.0 Å². The number of benzene rings is 1. The van der Waals surface area contributed by atoms with Crippen LogP contribution in [-0.4, -0.2) is 18.4 Å². The molecule has 0 aromatic heterocycles. The number of hydrogen-bond acceptors (Lipinski definition) is 2. The minimum Gasteiger partial charge on any atom is -0.506 e. The van der Waals surface area contributed by atoms with Gasteiger partial charge < -0.3 is 5.11 Å². The van der Waals surface area contributed by atoms with Gasteiger partial charge in [-0.1, -0.05) is 11.6 Å². The van der Waals surface area contributed by atoms with Crippen molar-refractivity contribution >= 4 is 17.8 Å². The molecule has 0 amide bonds. The standard InChI is InChI=1S/C9H7ClF3NO/c1-14-4-5-2-6(9(11,12)13)3-7(10)8(5)15/h2-4,15H,1H3. The topological polar surface area (TPSA) is 32.6 Å². The Bertz CT molecular complexity index is 401. The highest BCUT2D eigenvalue weighted by molar-refractivity contribution is 6.32. The molecular formula is C9H7ClF3NO. The van der Waals surface area contributed by atoms with Crippen molar-refractivity contribution in [1.29, 1.82) is 0 Å². The SMILES string of the molecule is CN=Cc1cc(C(F)(F)F)cc(Cl)c1O. The van der Waals surface area contributed by atoms with E-state index in [0.717, 1.165) is 12.3 Å². The Balaban J connectivity index is 3.36. The summed E-state index contributed by atoms with van der Waals surface area (Å²) in [6.45, 7) is 0. The van der Waals surface area contributed by atoms with Gasteiger partial charge in [0.1, 0.15) is 5.75 Å². The Morgan fingerprint density at radius 3 is 2.47 bits per heavy atom. The number of phenols is 1. The van der Waals surface area contributed by atoms with Crippen molar-refractivity contribution in [3.05, 3.63) is 28.3 Å². The normalized spacial score (nSPS) is 12.3. The molecule has 0 spiro atoms. The monoisotopic (exact) mass is 237 g/mol. The van der Waals surface area contributed by atoms with Gasteiger partial charge in [0.2, 0.25) is 0 Å². The minimum atomic E-state index is -4.49. The summed E-state index contributed by atoms with van der Waals surface area (Å²) < 4.78 is 37.0. The van der Waals surface area contributed by atoms with E-state index in [1.165, 1.54) is 7.05 Å². The lowest BCUT2D eigenvalue weighted by Crippen LogP contribution is -2.05. The van der Waals surface area contributed by atoms with Gasteiger partial charge >= 0.3 is 6.18 Å². The molecule has 0 fully saturated rings. The number of alkyl halides is 3. The summed E-state index contributed by atoms with van der Waals surface area (Å²) in [5.74, 6) is -0.407. The molecule has 0 saturated heterocycles. The van der Waals surface area contributed by atoms with Crippen LogP contribution in [0.5, 0.6) is 5.75 Å². The average Bonchev–Trinajstić information content (AvgIpc) is 2.11. The van der Waals surface area contributed by atoms with Crippen LogP contribution >= 0.6 is 11.6 Å². The van der Waals surface area contributed by atoms with E-state index in [0.29, 0.717) is 6.07 Å². The van der Waals surface area contributed by atoms with Crippen LogP contribution < -0.4 is 0 Å². The zero-order valence-electron chi connectivity index (χ0n) is 7.64. The minimum absolute atomic E-state index is 0.0580. The smallest absolute Gasteiger partial charge is 0.416 e.